The molecule has 0 aliphatic heterocycles. The summed E-state index contributed by atoms with van der Waals surface area (Å²) in [6, 6.07) is 14.3. The Hall–Kier alpha value is -1.72. The first-order valence-electron chi connectivity index (χ1n) is 7.84. The number of aromatic nitrogens is 1. The number of amides is 1. The fourth-order valence-electron chi connectivity index (χ4n) is 2.64. The van der Waals surface area contributed by atoms with Gasteiger partial charge in [-0.3, -0.25) is 4.79 Å². The lowest BCUT2D eigenvalue weighted by Gasteiger charge is -2.07. The predicted molar refractivity (Wildman–Crippen MR) is 105 cm³/mol. The largest absolute Gasteiger partial charge is 0.361 e. The Morgan fingerprint density at radius 1 is 1.25 bits per heavy atom. The number of hydrogen-bond acceptors (Lipinski definition) is 2. The zero-order chi connectivity index (χ0) is 16.9. The van der Waals surface area contributed by atoms with Crippen molar-refractivity contribution in [3.8, 4) is 0 Å². The third-order valence-electron chi connectivity index (χ3n) is 3.89. The average molecular weight is 403 g/mol. The van der Waals surface area contributed by atoms with Gasteiger partial charge in [-0.15, -0.1) is 11.8 Å². The van der Waals surface area contributed by atoms with Crippen LogP contribution in [0.3, 0.4) is 0 Å². The molecule has 1 aromatic heterocycles. The third-order valence-corrected chi connectivity index (χ3v) is 5.56. The van der Waals surface area contributed by atoms with Crippen molar-refractivity contribution in [3.05, 3.63) is 64.3 Å². The highest BCUT2D eigenvalue weighted by Crippen LogP contribution is 2.25. The molecule has 0 unspecified atom stereocenters. The molecular weight excluding hydrogens is 384 g/mol. The minimum Gasteiger partial charge on any atom is -0.361 e. The van der Waals surface area contributed by atoms with E-state index in [1.165, 1.54) is 16.5 Å². The van der Waals surface area contributed by atoms with E-state index in [0.29, 0.717) is 12.3 Å². The number of thioether (sulfide) groups is 1. The molecule has 0 saturated carbocycles. The first-order chi connectivity index (χ1) is 11.6. The molecule has 3 rings (SSSR count). The van der Waals surface area contributed by atoms with Gasteiger partial charge < -0.3 is 10.3 Å². The molecule has 1 amide bonds. The van der Waals surface area contributed by atoms with E-state index in [9.17, 15) is 4.79 Å². The van der Waals surface area contributed by atoms with Crippen LogP contribution in [0.4, 0.5) is 0 Å². The Balaban J connectivity index is 1.47. The Labute approximate surface area is 154 Å². The number of aromatic amines is 1. The Morgan fingerprint density at radius 3 is 2.92 bits per heavy atom. The number of hydrogen-bond donors (Lipinski definition) is 2. The molecule has 24 heavy (non-hydrogen) atoms. The van der Waals surface area contributed by atoms with Gasteiger partial charge in [0.2, 0.25) is 5.91 Å². The maximum atomic E-state index is 12.0. The summed E-state index contributed by atoms with van der Waals surface area (Å²) in [5.74, 6) is 0.512. The zero-order valence-electron chi connectivity index (χ0n) is 13.4. The summed E-state index contributed by atoms with van der Waals surface area (Å²) >= 11 is 5.03. The Morgan fingerprint density at radius 2 is 2.08 bits per heavy atom. The van der Waals surface area contributed by atoms with E-state index in [1.807, 2.05) is 30.5 Å². The van der Waals surface area contributed by atoms with Crippen molar-refractivity contribution in [1.82, 2.24) is 10.3 Å². The summed E-state index contributed by atoms with van der Waals surface area (Å²) in [4.78, 5) is 16.4. The summed E-state index contributed by atoms with van der Waals surface area (Å²) in [6.07, 6.45) is 2.86. The lowest BCUT2D eigenvalue weighted by molar-refractivity contribution is -0.118. The number of carbonyl (C=O) groups is 1. The second-order valence-corrected chi connectivity index (χ2v) is 7.59. The molecule has 2 aromatic carbocycles. The second-order valence-electron chi connectivity index (χ2n) is 5.66. The molecular formula is C19H19BrN2OS. The molecule has 0 saturated heterocycles. The van der Waals surface area contributed by atoms with E-state index in [1.54, 1.807) is 11.8 Å². The molecule has 3 aromatic rings. The molecule has 0 radical (unpaired) electrons. The first-order valence-corrected chi connectivity index (χ1v) is 9.62. The van der Waals surface area contributed by atoms with Crippen LogP contribution in [-0.2, 0) is 11.2 Å². The molecule has 0 atom stereocenters. The number of halogens is 1. The van der Waals surface area contributed by atoms with E-state index in [0.717, 1.165) is 21.3 Å². The van der Waals surface area contributed by atoms with E-state index in [2.05, 4.69) is 51.4 Å². The average Bonchev–Trinajstić information content (AvgIpc) is 2.97. The number of rotatable bonds is 6. The summed E-state index contributed by atoms with van der Waals surface area (Å²) in [5, 5.41) is 4.23. The molecule has 3 nitrogen and oxygen atoms in total. The van der Waals surface area contributed by atoms with Crippen molar-refractivity contribution < 1.29 is 4.79 Å². The lowest BCUT2D eigenvalue weighted by Crippen LogP contribution is -2.27. The summed E-state index contributed by atoms with van der Waals surface area (Å²) < 4.78 is 1.06. The van der Waals surface area contributed by atoms with Gasteiger partial charge in [-0.1, -0.05) is 34.1 Å². The van der Waals surface area contributed by atoms with Crippen LogP contribution >= 0.6 is 27.7 Å². The van der Waals surface area contributed by atoms with E-state index in [4.69, 9.17) is 0 Å². The van der Waals surface area contributed by atoms with E-state index >= 15 is 0 Å². The number of H-pyrrole nitrogens is 1. The molecule has 0 spiro atoms. The van der Waals surface area contributed by atoms with Crippen molar-refractivity contribution in [1.29, 1.82) is 0 Å². The molecule has 5 heteroatoms. The standard InChI is InChI=1S/C19H19BrN2OS/c1-13-10-15(20)6-7-18(13)24-12-19(23)21-9-8-14-11-22-17-5-3-2-4-16(14)17/h2-7,10-11,22H,8-9,12H2,1H3,(H,21,23). The first kappa shape index (κ1) is 17.1. The van der Waals surface area contributed by atoms with Crippen molar-refractivity contribution in [2.45, 2.75) is 18.2 Å². The van der Waals surface area contributed by atoms with Crippen LogP contribution in [0.2, 0.25) is 0 Å². The highest BCUT2D eigenvalue weighted by Gasteiger charge is 2.07. The SMILES string of the molecule is Cc1cc(Br)ccc1SCC(=O)NCCc1c[nH]c2ccccc12. The number of para-hydroxylation sites is 1. The van der Waals surface area contributed by atoms with Gasteiger partial charge in [0.15, 0.2) is 0 Å². The predicted octanol–water partition coefficient (Wildman–Crippen LogP) is 4.69. The van der Waals surface area contributed by atoms with Gasteiger partial charge in [0.25, 0.3) is 0 Å². The molecule has 0 aliphatic carbocycles. The topological polar surface area (TPSA) is 44.9 Å². The summed E-state index contributed by atoms with van der Waals surface area (Å²) in [7, 11) is 0. The molecule has 2 N–H and O–H groups in total. The number of aryl methyl sites for hydroxylation is 1. The number of fused-ring (bicyclic) bond motifs is 1. The van der Waals surface area contributed by atoms with Crippen molar-refractivity contribution >= 4 is 44.5 Å². The molecule has 0 aliphatic rings. The van der Waals surface area contributed by atoms with Gasteiger partial charge in [0.1, 0.15) is 0 Å². The summed E-state index contributed by atoms with van der Waals surface area (Å²) in [6.45, 7) is 2.71. The zero-order valence-corrected chi connectivity index (χ0v) is 15.8. The maximum absolute atomic E-state index is 12.0. The van der Waals surface area contributed by atoms with Crippen LogP contribution < -0.4 is 5.32 Å². The Bertz CT molecular complexity index is 859. The van der Waals surface area contributed by atoms with Crippen LogP contribution in [0.1, 0.15) is 11.1 Å². The lowest BCUT2D eigenvalue weighted by atomic mass is 10.1. The minimum absolute atomic E-state index is 0.0714. The number of carbonyl (C=O) groups excluding carboxylic acids is 1. The van der Waals surface area contributed by atoms with Crippen LogP contribution in [0.5, 0.6) is 0 Å². The van der Waals surface area contributed by atoms with Gasteiger partial charge in [-0.05, 0) is 48.7 Å². The molecule has 0 bridgehead atoms. The van der Waals surface area contributed by atoms with Crippen LogP contribution in [-0.4, -0.2) is 23.2 Å². The smallest absolute Gasteiger partial charge is 0.230 e. The highest BCUT2D eigenvalue weighted by atomic mass is 79.9. The van der Waals surface area contributed by atoms with Gasteiger partial charge in [0, 0.05) is 33.0 Å². The van der Waals surface area contributed by atoms with Crippen LogP contribution in [0.15, 0.2) is 58.0 Å². The van der Waals surface area contributed by atoms with Gasteiger partial charge in [-0.2, -0.15) is 0 Å². The van der Waals surface area contributed by atoms with Gasteiger partial charge in [0.05, 0.1) is 5.75 Å². The van der Waals surface area contributed by atoms with Gasteiger partial charge in [-0.25, -0.2) is 0 Å². The van der Waals surface area contributed by atoms with Crippen LogP contribution in [0.25, 0.3) is 10.9 Å². The van der Waals surface area contributed by atoms with Crippen molar-refractivity contribution in [3.63, 3.8) is 0 Å². The maximum Gasteiger partial charge on any atom is 0.230 e. The fraction of sp³-hybridized carbons (Fsp3) is 0.211. The molecule has 0 fully saturated rings. The number of benzene rings is 2. The number of nitrogens with one attached hydrogen (secondary N) is 2. The monoisotopic (exact) mass is 402 g/mol. The van der Waals surface area contributed by atoms with E-state index < -0.39 is 0 Å². The quantitative estimate of drug-likeness (QED) is 0.587. The Kier molecular flexibility index (Phi) is 5.63. The van der Waals surface area contributed by atoms with Crippen molar-refractivity contribution in [2.24, 2.45) is 0 Å². The van der Waals surface area contributed by atoms with Crippen LogP contribution in [0, 0.1) is 6.92 Å². The fourth-order valence-corrected chi connectivity index (χ4v) is 3.96. The normalized spacial score (nSPS) is 10.9. The minimum atomic E-state index is 0.0714. The highest BCUT2D eigenvalue weighted by molar-refractivity contribution is 9.10. The molecule has 124 valence electrons. The third kappa shape index (κ3) is 4.22. The van der Waals surface area contributed by atoms with Crippen molar-refractivity contribution in [2.75, 3.05) is 12.3 Å². The van der Waals surface area contributed by atoms with Gasteiger partial charge >= 0.3 is 0 Å². The summed E-state index contributed by atoms with van der Waals surface area (Å²) in [5.41, 5.74) is 3.56. The van der Waals surface area contributed by atoms with E-state index in [-0.39, 0.29) is 5.91 Å². The molecule has 1 heterocycles. The second kappa shape index (κ2) is 7.90.